The summed E-state index contributed by atoms with van der Waals surface area (Å²) < 4.78 is 0. The van der Waals surface area contributed by atoms with Gasteiger partial charge in [-0.05, 0) is 12.3 Å². The first kappa shape index (κ1) is 9.96. The molecule has 0 bridgehead atoms. The van der Waals surface area contributed by atoms with E-state index in [9.17, 15) is 9.59 Å². The molecule has 0 radical (unpaired) electrons. The average Bonchev–Trinajstić information content (AvgIpc) is 2.29. The summed E-state index contributed by atoms with van der Waals surface area (Å²) in [5.41, 5.74) is 0.649. The van der Waals surface area contributed by atoms with E-state index < -0.39 is 0 Å². The van der Waals surface area contributed by atoms with Gasteiger partial charge in [0.15, 0.2) is 0 Å². The standard InChI is InChI=1S/C10H15NO2/c1-7(2)6-10(13)11-8(3)4-5-9(11)12/h7H,3-6H2,1-2H3. The van der Waals surface area contributed by atoms with E-state index in [1.54, 1.807) is 0 Å². The third-order valence-corrected chi connectivity index (χ3v) is 2.03. The van der Waals surface area contributed by atoms with Crippen LogP contribution in [0.15, 0.2) is 12.3 Å². The third kappa shape index (κ3) is 2.17. The van der Waals surface area contributed by atoms with Crippen molar-refractivity contribution in [1.29, 1.82) is 0 Å². The molecule has 0 aromatic heterocycles. The molecule has 1 heterocycles. The van der Waals surface area contributed by atoms with E-state index in [0.717, 1.165) is 0 Å². The van der Waals surface area contributed by atoms with Gasteiger partial charge in [-0.3, -0.25) is 14.5 Å². The molecule has 1 saturated heterocycles. The molecular formula is C10H15NO2. The lowest BCUT2D eigenvalue weighted by atomic mass is 10.1. The smallest absolute Gasteiger partial charge is 0.233 e. The Morgan fingerprint density at radius 2 is 2.15 bits per heavy atom. The van der Waals surface area contributed by atoms with Crippen molar-refractivity contribution >= 4 is 11.8 Å². The van der Waals surface area contributed by atoms with Gasteiger partial charge in [-0.2, -0.15) is 0 Å². The number of amides is 2. The molecule has 1 aliphatic rings. The first-order valence-corrected chi connectivity index (χ1v) is 4.56. The summed E-state index contributed by atoms with van der Waals surface area (Å²) in [5.74, 6) is 0.0758. The summed E-state index contributed by atoms with van der Waals surface area (Å²) >= 11 is 0. The minimum Gasteiger partial charge on any atom is -0.274 e. The fourth-order valence-electron chi connectivity index (χ4n) is 1.41. The van der Waals surface area contributed by atoms with Crippen LogP contribution in [0, 0.1) is 5.92 Å². The highest BCUT2D eigenvalue weighted by molar-refractivity contribution is 5.99. The maximum absolute atomic E-state index is 11.5. The second-order valence-corrected chi connectivity index (χ2v) is 3.79. The molecule has 0 aliphatic carbocycles. The largest absolute Gasteiger partial charge is 0.274 e. The number of hydrogen-bond donors (Lipinski definition) is 0. The Hall–Kier alpha value is -1.12. The maximum Gasteiger partial charge on any atom is 0.233 e. The van der Waals surface area contributed by atoms with Gasteiger partial charge in [0.05, 0.1) is 0 Å². The van der Waals surface area contributed by atoms with Crippen molar-refractivity contribution in [2.24, 2.45) is 5.92 Å². The number of hydrogen-bond acceptors (Lipinski definition) is 2. The fourth-order valence-corrected chi connectivity index (χ4v) is 1.41. The zero-order chi connectivity index (χ0) is 10.0. The van der Waals surface area contributed by atoms with Gasteiger partial charge < -0.3 is 0 Å². The Morgan fingerprint density at radius 3 is 2.54 bits per heavy atom. The van der Waals surface area contributed by atoms with E-state index in [0.29, 0.717) is 25.0 Å². The molecule has 0 atom stereocenters. The minimum atomic E-state index is -0.109. The average molecular weight is 181 g/mol. The molecule has 0 N–H and O–H groups in total. The number of likely N-dealkylation sites (tertiary alicyclic amines) is 1. The van der Waals surface area contributed by atoms with Crippen molar-refractivity contribution in [2.75, 3.05) is 0 Å². The second kappa shape index (κ2) is 3.73. The highest BCUT2D eigenvalue weighted by Crippen LogP contribution is 2.22. The molecule has 2 amide bonds. The molecule has 1 fully saturated rings. The van der Waals surface area contributed by atoms with E-state index in [1.165, 1.54) is 4.90 Å². The van der Waals surface area contributed by atoms with E-state index in [2.05, 4.69) is 6.58 Å². The van der Waals surface area contributed by atoms with Gasteiger partial charge in [0.25, 0.3) is 0 Å². The number of rotatable bonds is 2. The highest BCUT2D eigenvalue weighted by Gasteiger charge is 2.29. The minimum absolute atomic E-state index is 0.101. The molecule has 3 nitrogen and oxygen atoms in total. The van der Waals surface area contributed by atoms with Crippen LogP contribution in [-0.2, 0) is 9.59 Å². The van der Waals surface area contributed by atoms with E-state index in [-0.39, 0.29) is 17.7 Å². The predicted molar refractivity (Wildman–Crippen MR) is 49.7 cm³/mol. The summed E-state index contributed by atoms with van der Waals surface area (Å²) in [6.07, 6.45) is 1.48. The molecule has 0 aromatic rings. The van der Waals surface area contributed by atoms with Gasteiger partial charge in [0.1, 0.15) is 0 Å². The Balaban J connectivity index is 2.65. The quantitative estimate of drug-likeness (QED) is 0.650. The lowest BCUT2D eigenvalue weighted by Gasteiger charge is -2.15. The summed E-state index contributed by atoms with van der Waals surface area (Å²) in [6.45, 7) is 7.62. The summed E-state index contributed by atoms with van der Waals surface area (Å²) in [4.78, 5) is 24.0. The van der Waals surface area contributed by atoms with Crippen LogP contribution in [-0.4, -0.2) is 16.7 Å². The lowest BCUT2D eigenvalue weighted by Crippen LogP contribution is -2.31. The second-order valence-electron chi connectivity index (χ2n) is 3.79. The summed E-state index contributed by atoms with van der Waals surface area (Å²) in [6, 6.07) is 0. The Morgan fingerprint density at radius 1 is 1.54 bits per heavy atom. The van der Waals surface area contributed by atoms with Crippen LogP contribution in [0.1, 0.15) is 33.1 Å². The lowest BCUT2D eigenvalue weighted by molar-refractivity contribution is -0.140. The zero-order valence-electron chi connectivity index (χ0n) is 8.17. The normalized spacial score (nSPS) is 17.3. The van der Waals surface area contributed by atoms with Crippen molar-refractivity contribution in [3.05, 3.63) is 12.3 Å². The first-order chi connectivity index (χ1) is 6.02. The molecule has 1 aliphatic heterocycles. The van der Waals surface area contributed by atoms with Crippen LogP contribution in [0.25, 0.3) is 0 Å². The third-order valence-electron chi connectivity index (χ3n) is 2.03. The van der Waals surface area contributed by atoms with Crippen LogP contribution in [0.5, 0.6) is 0 Å². The molecule has 1 rings (SSSR count). The monoisotopic (exact) mass is 181 g/mol. The van der Waals surface area contributed by atoms with Gasteiger partial charge in [-0.25, -0.2) is 0 Å². The van der Waals surface area contributed by atoms with Crippen LogP contribution in [0.3, 0.4) is 0 Å². The highest BCUT2D eigenvalue weighted by atomic mass is 16.2. The fraction of sp³-hybridized carbons (Fsp3) is 0.600. The number of nitrogens with zero attached hydrogens (tertiary/aromatic N) is 1. The van der Waals surface area contributed by atoms with Crippen molar-refractivity contribution in [2.45, 2.75) is 33.1 Å². The topological polar surface area (TPSA) is 37.4 Å². The maximum atomic E-state index is 11.5. The number of allylic oxidation sites excluding steroid dienone is 1. The van der Waals surface area contributed by atoms with E-state index >= 15 is 0 Å². The number of carbonyl (C=O) groups excluding carboxylic acids is 2. The van der Waals surface area contributed by atoms with Gasteiger partial charge in [-0.15, -0.1) is 0 Å². The molecular weight excluding hydrogens is 166 g/mol. The predicted octanol–water partition coefficient (Wildman–Crippen LogP) is 1.70. The van der Waals surface area contributed by atoms with E-state index in [4.69, 9.17) is 0 Å². The van der Waals surface area contributed by atoms with Crippen LogP contribution >= 0.6 is 0 Å². The van der Waals surface area contributed by atoms with Crippen molar-refractivity contribution in [3.63, 3.8) is 0 Å². The molecule has 0 saturated carbocycles. The Labute approximate surface area is 78.4 Å². The van der Waals surface area contributed by atoms with Crippen LogP contribution < -0.4 is 0 Å². The molecule has 0 spiro atoms. The number of imide groups is 1. The van der Waals surface area contributed by atoms with Crippen molar-refractivity contribution in [3.8, 4) is 0 Å². The van der Waals surface area contributed by atoms with Gasteiger partial charge in [0, 0.05) is 18.5 Å². The Kier molecular flexibility index (Phi) is 2.86. The van der Waals surface area contributed by atoms with Crippen molar-refractivity contribution in [1.82, 2.24) is 4.90 Å². The summed E-state index contributed by atoms with van der Waals surface area (Å²) in [7, 11) is 0. The van der Waals surface area contributed by atoms with Crippen LogP contribution in [0.2, 0.25) is 0 Å². The number of carbonyl (C=O) groups is 2. The Bertz CT molecular complexity index is 240. The van der Waals surface area contributed by atoms with Gasteiger partial charge in [0.2, 0.25) is 11.8 Å². The first-order valence-electron chi connectivity index (χ1n) is 4.56. The van der Waals surface area contributed by atoms with Crippen molar-refractivity contribution < 1.29 is 9.59 Å². The molecule has 0 unspecified atom stereocenters. The molecule has 3 heteroatoms. The van der Waals surface area contributed by atoms with Gasteiger partial charge in [-0.1, -0.05) is 20.4 Å². The van der Waals surface area contributed by atoms with Gasteiger partial charge >= 0.3 is 0 Å². The molecule has 72 valence electrons. The SMILES string of the molecule is C=C1CCC(=O)N1C(=O)CC(C)C. The zero-order valence-corrected chi connectivity index (χ0v) is 8.17. The molecule has 0 aromatic carbocycles. The molecule has 13 heavy (non-hydrogen) atoms. The summed E-state index contributed by atoms with van der Waals surface area (Å²) in [5, 5.41) is 0. The van der Waals surface area contributed by atoms with E-state index in [1.807, 2.05) is 13.8 Å². The van der Waals surface area contributed by atoms with Crippen LogP contribution in [0.4, 0.5) is 0 Å².